The van der Waals surface area contributed by atoms with Crippen LogP contribution in [0.4, 0.5) is 0 Å². The van der Waals surface area contributed by atoms with Crippen LogP contribution in [0.15, 0.2) is 0 Å². The fourth-order valence-corrected chi connectivity index (χ4v) is 2.51. The molecule has 3 amide bonds. The average molecular weight is 358 g/mol. The lowest BCUT2D eigenvalue weighted by atomic mass is 10.1. The van der Waals surface area contributed by atoms with Crippen molar-refractivity contribution < 1.29 is 29.4 Å². The monoisotopic (exact) mass is 358 g/mol. The number of aliphatic carboxylic acids is 1. The molecule has 1 aliphatic heterocycles. The summed E-state index contributed by atoms with van der Waals surface area (Å²) in [6, 6.07) is -3.93. The lowest BCUT2D eigenvalue weighted by molar-refractivity contribution is -0.144. The lowest BCUT2D eigenvalue weighted by Crippen LogP contribution is -2.56. The van der Waals surface area contributed by atoms with Crippen LogP contribution in [0.2, 0.25) is 0 Å². The van der Waals surface area contributed by atoms with Gasteiger partial charge in [-0.1, -0.05) is 0 Å². The molecule has 5 atom stereocenters. The highest BCUT2D eigenvalue weighted by Gasteiger charge is 2.37. The van der Waals surface area contributed by atoms with Crippen molar-refractivity contribution in [3.8, 4) is 0 Å². The van der Waals surface area contributed by atoms with Crippen molar-refractivity contribution in [2.24, 2.45) is 5.73 Å². The summed E-state index contributed by atoms with van der Waals surface area (Å²) in [4.78, 5) is 48.7. The second-order valence-corrected chi connectivity index (χ2v) is 6.25. The number of nitrogens with one attached hydrogen (secondary N) is 2. The Morgan fingerprint density at radius 3 is 2.24 bits per heavy atom. The summed E-state index contributed by atoms with van der Waals surface area (Å²) >= 11 is 0. The number of nitrogens with two attached hydrogens (primary N) is 1. The van der Waals surface area contributed by atoms with Crippen LogP contribution in [0.3, 0.4) is 0 Å². The van der Waals surface area contributed by atoms with Gasteiger partial charge in [0.1, 0.15) is 24.2 Å². The zero-order valence-corrected chi connectivity index (χ0v) is 14.6. The maximum atomic E-state index is 12.5. The van der Waals surface area contributed by atoms with E-state index in [1.54, 1.807) is 0 Å². The summed E-state index contributed by atoms with van der Waals surface area (Å²) in [5.74, 6) is -2.85. The van der Waals surface area contributed by atoms with Crippen LogP contribution < -0.4 is 16.4 Å². The van der Waals surface area contributed by atoms with E-state index in [-0.39, 0.29) is 0 Å². The Balaban J connectivity index is 2.71. The first kappa shape index (κ1) is 20.8. The van der Waals surface area contributed by atoms with Crippen molar-refractivity contribution in [1.29, 1.82) is 0 Å². The summed E-state index contributed by atoms with van der Waals surface area (Å²) in [5.41, 5.74) is 5.51. The molecule has 1 rings (SSSR count). The van der Waals surface area contributed by atoms with Crippen LogP contribution in [0.5, 0.6) is 0 Å². The maximum absolute atomic E-state index is 12.5. The van der Waals surface area contributed by atoms with Gasteiger partial charge in [-0.05, 0) is 33.6 Å². The molecular formula is C15H26N4O6. The maximum Gasteiger partial charge on any atom is 0.325 e. The SMILES string of the molecule is CC(NC(=O)C1CCCN1C(=O)C(C)NC(=O)C(N)C(C)O)C(=O)O. The molecule has 1 saturated heterocycles. The third-order valence-corrected chi connectivity index (χ3v) is 4.12. The van der Waals surface area contributed by atoms with E-state index in [4.69, 9.17) is 10.8 Å². The molecule has 6 N–H and O–H groups in total. The summed E-state index contributed by atoms with van der Waals surface area (Å²) in [5, 5.41) is 22.9. The Morgan fingerprint density at radius 1 is 1.12 bits per heavy atom. The predicted molar refractivity (Wildman–Crippen MR) is 87.2 cm³/mol. The van der Waals surface area contributed by atoms with E-state index in [0.717, 1.165) is 0 Å². The number of rotatable bonds is 7. The minimum absolute atomic E-state index is 0.334. The van der Waals surface area contributed by atoms with Crippen LogP contribution in [-0.4, -0.2) is 75.6 Å². The molecule has 142 valence electrons. The number of hydrogen-bond donors (Lipinski definition) is 5. The van der Waals surface area contributed by atoms with E-state index in [9.17, 15) is 24.3 Å². The van der Waals surface area contributed by atoms with Crippen molar-refractivity contribution in [3.05, 3.63) is 0 Å². The minimum Gasteiger partial charge on any atom is -0.480 e. The molecule has 1 fully saturated rings. The molecule has 5 unspecified atom stereocenters. The van der Waals surface area contributed by atoms with Crippen LogP contribution in [0, 0.1) is 0 Å². The van der Waals surface area contributed by atoms with Gasteiger partial charge in [0, 0.05) is 6.54 Å². The molecule has 0 aromatic rings. The summed E-state index contributed by atoms with van der Waals surface area (Å²) in [6.07, 6.45) is -0.0539. The molecule has 0 radical (unpaired) electrons. The fraction of sp³-hybridized carbons (Fsp3) is 0.733. The minimum atomic E-state index is -1.17. The first-order valence-corrected chi connectivity index (χ1v) is 8.14. The number of carbonyl (C=O) groups excluding carboxylic acids is 3. The standard InChI is InChI=1S/C15H26N4O6/c1-7(17-13(22)11(16)9(3)20)14(23)19-6-4-5-10(19)12(21)18-8(2)15(24)25/h7-11,20H,4-6,16H2,1-3H3,(H,17,22)(H,18,21)(H,24,25). The van der Waals surface area contributed by atoms with Crippen molar-refractivity contribution in [2.45, 2.75) is 63.9 Å². The van der Waals surface area contributed by atoms with Crippen LogP contribution in [0.1, 0.15) is 33.6 Å². The molecule has 0 aromatic heterocycles. The number of nitrogens with zero attached hydrogens (tertiary/aromatic N) is 1. The summed E-state index contributed by atoms with van der Waals surface area (Å²) in [6.45, 7) is 4.49. The zero-order valence-electron chi connectivity index (χ0n) is 14.6. The van der Waals surface area contributed by atoms with Crippen LogP contribution in [-0.2, 0) is 19.2 Å². The largest absolute Gasteiger partial charge is 0.480 e. The fourth-order valence-electron chi connectivity index (χ4n) is 2.51. The number of carbonyl (C=O) groups is 4. The van der Waals surface area contributed by atoms with E-state index in [1.165, 1.54) is 25.7 Å². The van der Waals surface area contributed by atoms with Crippen LogP contribution in [0.25, 0.3) is 0 Å². The quantitative estimate of drug-likeness (QED) is 0.344. The highest BCUT2D eigenvalue weighted by atomic mass is 16.4. The number of aliphatic hydroxyl groups is 1. The van der Waals surface area contributed by atoms with Gasteiger partial charge in [-0.2, -0.15) is 0 Å². The second kappa shape index (κ2) is 8.77. The molecule has 10 heteroatoms. The average Bonchev–Trinajstić information content (AvgIpc) is 3.02. The molecule has 0 spiro atoms. The van der Waals surface area contributed by atoms with Gasteiger partial charge in [-0.25, -0.2) is 0 Å². The van der Waals surface area contributed by atoms with Crippen molar-refractivity contribution in [2.75, 3.05) is 6.54 Å². The topological polar surface area (TPSA) is 162 Å². The Bertz CT molecular complexity index is 538. The highest BCUT2D eigenvalue weighted by Crippen LogP contribution is 2.18. The molecule has 0 aliphatic carbocycles. The Hall–Kier alpha value is -2.20. The molecule has 10 nitrogen and oxygen atoms in total. The highest BCUT2D eigenvalue weighted by molar-refractivity contribution is 5.94. The van der Waals surface area contributed by atoms with Gasteiger partial charge < -0.3 is 31.5 Å². The summed E-state index contributed by atoms with van der Waals surface area (Å²) in [7, 11) is 0. The number of amides is 3. The second-order valence-electron chi connectivity index (χ2n) is 6.25. The van der Waals surface area contributed by atoms with Gasteiger partial charge in [0.2, 0.25) is 17.7 Å². The third kappa shape index (κ3) is 5.40. The van der Waals surface area contributed by atoms with E-state index < -0.39 is 54.0 Å². The molecule has 0 bridgehead atoms. The smallest absolute Gasteiger partial charge is 0.325 e. The Morgan fingerprint density at radius 2 is 1.72 bits per heavy atom. The summed E-state index contributed by atoms with van der Waals surface area (Å²) < 4.78 is 0. The molecular weight excluding hydrogens is 332 g/mol. The number of carboxylic acids is 1. The Kier molecular flexibility index (Phi) is 7.31. The van der Waals surface area contributed by atoms with Crippen molar-refractivity contribution in [1.82, 2.24) is 15.5 Å². The van der Waals surface area contributed by atoms with Gasteiger partial charge >= 0.3 is 5.97 Å². The number of likely N-dealkylation sites (tertiary alicyclic amines) is 1. The lowest BCUT2D eigenvalue weighted by Gasteiger charge is -2.28. The van der Waals surface area contributed by atoms with Gasteiger partial charge in [-0.15, -0.1) is 0 Å². The molecule has 0 saturated carbocycles. The van der Waals surface area contributed by atoms with E-state index in [1.807, 2.05) is 0 Å². The van der Waals surface area contributed by atoms with Crippen molar-refractivity contribution in [3.63, 3.8) is 0 Å². The Labute approximate surface area is 145 Å². The molecule has 1 heterocycles. The molecule has 25 heavy (non-hydrogen) atoms. The van der Waals surface area contributed by atoms with Gasteiger partial charge in [-0.3, -0.25) is 19.2 Å². The number of carboxylic acid groups (broad SMARTS) is 1. The zero-order chi connectivity index (χ0) is 19.3. The van der Waals surface area contributed by atoms with Gasteiger partial charge in [0.15, 0.2) is 0 Å². The first-order chi connectivity index (χ1) is 11.6. The molecule has 0 aromatic carbocycles. The van der Waals surface area contributed by atoms with Crippen molar-refractivity contribution >= 4 is 23.7 Å². The normalized spacial score (nSPS) is 21.8. The van der Waals surface area contributed by atoms with Gasteiger partial charge in [0.05, 0.1) is 6.10 Å². The van der Waals surface area contributed by atoms with Gasteiger partial charge in [0.25, 0.3) is 0 Å². The predicted octanol–water partition coefficient (Wildman–Crippen LogP) is -2.22. The number of aliphatic hydroxyl groups excluding tert-OH is 1. The van der Waals surface area contributed by atoms with E-state index in [2.05, 4.69) is 10.6 Å². The van der Waals surface area contributed by atoms with E-state index in [0.29, 0.717) is 19.4 Å². The molecule has 1 aliphatic rings. The van der Waals surface area contributed by atoms with Crippen LogP contribution >= 0.6 is 0 Å². The number of hydrogen-bond acceptors (Lipinski definition) is 6. The third-order valence-electron chi connectivity index (χ3n) is 4.12. The first-order valence-electron chi connectivity index (χ1n) is 8.14. The van der Waals surface area contributed by atoms with E-state index >= 15 is 0 Å².